The highest BCUT2D eigenvalue weighted by Gasteiger charge is 2.21. The van der Waals surface area contributed by atoms with Crippen LogP contribution in [0, 0.1) is 0 Å². The van der Waals surface area contributed by atoms with Crippen LogP contribution in [-0.2, 0) is 0 Å². The molecule has 0 saturated carbocycles. The molecular weight excluding hydrogens is 647 g/mol. The molecule has 53 heavy (non-hydrogen) atoms. The maximum Gasteiger partial charge on any atom is 0.0788 e. The molecule has 0 fully saturated rings. The number of anilines is 3. The molecule has 0 bridgehead atoms. The highest BCUT2D eigenvalue weighted by atomic mass is 15.1. The first kappa shape index (κ1) is 30.6. The van der Waals surface area contributed by atoms with Crippen LogP contribution in [0.4, 0.5) is 17.1 Å². The molecule has 5 nitrogen and oxygen atoms in total. The summed E-state index contributed by atoms with van der Waals surface area (Å²) in [5.41, 5.74) is 13.4. The van der Waals surface area contributed by atoms with E-state index in [1.54, 1.807) is 0 Å². The normalized spacial score (nSPS) is 11.4. The number of hydrogen-bond acceptors (Lipinski definition) is 3. The van der Waals surface area contributed by atoms with E-state index in [1.165, 1.54) is 27.2 Å². The molecule has 0 aliphatic heterocycles. The Bertz CT molecular complexity index is 2760. The van der Waals surface area contributed by atoms with Gasteiger partial charge in [-0.15, -0.1) is 0 Å². The molecule has 0 atom stereocenters. The predicted molar refractivity (Wildman–Crippen MR) is 219 cm³/mol. The second kappa shape index (κ2) is 12.8. The summed E-state index contributed by atoms with van der Waals surface area (Å²) in [5, 5.41) is 3.59. The molecule has 0 aliphatic rings. The maximum atomic E-state index is 4.34. The summed E-state index contributed by atoms with van der Waals surface area (Å²) in [5.74, 6) is 0. The van der Waals surface area contributed by atoms with Crippen LogP contribution in [-0.4, -0.2) is 19.1 Å². The summed E-state index contributed by atoms with van der Waals surface area (Å²) in [6, 6.07) is 60.6. The number of aromatic nitrogens is 4. The summed E-state index contributed by atoms with van der Waals surface area (Å²) in [6.07, 6.45) is 9.62. The van der Waals surface area contributed by atoms with E-state index in [4.69, 9.17) is 0 Å². The molecule has 6 aromatic carbocycles. The van der Waals surface area contributed by atoms with Gasteiger partial charge in [0.05, 0.1) is 16.6 Å². The molecule has 10 aromatic rings. The number of para-hydroxylation sites is 2. The Morgan fingerprint density at radius 3 is 1.58 bits per heavy atom. The van der Waals surface area contributed by atoms with E-state index < -0.39 is 0 Å². The average molecular weight is 680 g/mol. The molecule has 10 rings (SSSR count). The largest absolute Gasteiger partial charge is 0.315 e. The fourth-order valence-corrected chi connectivity index (χ4v) is 7.62. The number of rotatable bonds is 7. The molecule has 0 amide bonds. The van der Waals surface area contributed by atoms with Gasteiger partial charge < -0.3 is 14.0 Å². The third kappa shape index (κ3) is 5.34. The second-order valence-electron chi connectivity index (χ2n) is 13.2. The van der Waals surface area contributed by atoms with Gasteiger partial charge in [-0.25, -0.2) is 0 Å². The fraction of sp³-hybridized carbons (Fsp3) is 0. The monoisotopic (exact) mass is 679 g/mol. The number of benzene rings is 6. The minimum atomic E-state index is 1.07. The van der Waals surface area contributed by atoms with Crippen LogP contribution in [0.1, 0.15) is 0 Å². The zero-order valence-electron chi connectivity index (χ0n) is 28.8. The van der Waals surface area contributed by atoms with Crippen LogP contribution >= 0.6 is 0 Å². The van der Waals surface area contributed by atoms with E-state index in [2.05, 4.69) is 188 Å². The van der Waals surface area contributed by atoms with E-state index in [-0.39, 0.29) is 0 Å². The molecule has 0 saturated heterocycles. The number of fused-ring (bicyclic) bond motifs is 5. The number of hydrogen-bond donors (Lipinski definition) is 0. The van der Waals surface area contributed by atoms with Crippen molar-refractivity contribution in [1.29, 1.82) is 0 Å². The van der Waals surface area contributed by atoms with Crippen molar-refractivity contribution < 1.29 is 0 Å². The van der Waals surface area contributed by atoms with Gasteiger partial charge in [0.15, 0.2) is 0 Å². The molecule has 0 N–H and O–H groups in total. The Hall–Kier alpha value is -7.24. The topological polar surface area (TPSA) is 38.9 Å². The van der Waals surface area contributed by atoms with Crippen molar-refractivity contribution in [3.8, 4) is 33.6 Å². The lowest BCUT2D eigenvalue weighted by Gasteiger charge is -2.26. The number of pyridine rings is 2. The van der Waals surface area contributed by atoms with Crippen LogP contribution in [0.2, 0.25) is 0 Å². The van der Waals surface area contributed by atoms with Gasteiger partial charge in [-0.1, -0.05) is 84.9 Å². The minimum absolute atomic E-state index is 1.07. The Morgan fingerprint density at radius 1 is 0.415 bits per heavy atom. The zero-order chi connectivity index (χ0) is 35.1. The summed E-state index contributed by atoms with van der Waals surface area (Å²) < 4.78 is 4.74. The minimum Gasteiger partial charge on any atom is -0.315 e. The molecule has 0 radical (unpaired) electrons. The van der Waals surface area contributed by atoms with E-state index in [0.29, 0.717) is 0 Å². The molecule has 4 aromatic heterocycles. The lowest BCUT2D eigenvalue weighted by atomic mass is 10.0. The van der Waals surface area contributed by atoms with Crippen LogP contribution < -0.4 is 4.90 Å². The van der Waals surface area contributed by atoms with E-state index in [0.717, 1.165) is 56.2 Å². The van der Waals surface area contributed by atoms with Gasteiger partial charge >= 0.3 is 0 Å². The van der Waals surface area contributed by atoms with Crippen molar-refractivity contribution in [2.75, 3.05) is 4.90 Å². The molecule has 5 heteroatoms. The van der Waals surface area contributed by atoms with Gasteiger partial charge in [0.25, 0.3) is 0 Å². The smallest absolute Gasteiger partial charge is 0.0788 e. The van der Waals surface area contributed by atoms with E-state index in [9.17, 15) is 0 Å². The molecule has 4 heterocycles. The summed E-state index contributed by atoms with van der Waals surface area (Å²) in [6.45, 7) is 0. The SMILES string of the molecule is c1ccc(-n2ccc3ccc4c5cc(N(c6ccc(-c7cccnc7)cc6)c6ccc(-c7cccnc7)cc6)ccc5n(-c5ccccc5)c4c32)cc1. The molecule has 0 unspecified atom stereocenters. The quantitative estimate of drug-likeness (QED) is 0.168. The van der Waals surface area contributed by atoms with Gasteiger partial charge in [0, 0.05) is 75.6 Å². The Balaban J connectivity index is 1.19. The standard InChI is InChI=1S/C48H33N5/c1-3-11-39(12-4-1)51-30-27-36-19-25-44-45-31-43(24-26-46(45)53(48(44)47(36)51)40-13-5-2-6-14-40)52(41-20-15-34(16-21-41)37-9-7-28-49-32-37)42-22-17-35(18-23-42)38-10-8-29-50-33-38/h1-33H. The van der Waals surface area contributed by atoms with Crippen molar-refractivity contribution in [2.24, 2.45) is 0 Å². The Morgan fingerprint density at radius 2 is 1.00 bits per heavy atom. The molecular formula is C48H33N5. The third-order valence-corrected chi connectivity index (χ3v) is 10.1. The zero-order valence-corrected chi connectivity index (χ0v) is 28.8. The predicted octanol–water partition coefficient (Wildman–Crippen LogP) is 12.3. The van der Waals surface area contributed by atoms with Crippen molar-refractivity contribution >= 4 is 49.8 Å². The van der Waals surface area contributed by atoms with Crippen molar-refractivity contribution in [1.82, 2.24) is 19.1 Å². The van der Waals surface area contributed by atoms with Gasteiger partial charge in [-0.3, -0.25) is 9.97 Å². The van der Waals surface area contributed by atoms with Gasteiger partial charge in [-0.2, -0.15) is 0 Å². The van der Waals surface area contributed by atoms with E-state index in [1.807, 2.05) is 36.9 Å². The molecule has 0 spiro atoms. The summed E-state index contributed by atoms with van der Waals surface area (Å²) >= 11 is 0. The summed E-state index contributed by atoms with van der Waals surface area (Å²) in [7, 11) is 0. The first-order valence-electron chi connectivity index (χ1n) is 17.8. The van der Waals surface area contributed by atoms with Crippen LogP contribution in [0.25, 0.3) is 66.3 Å². The van der Waals surface area contributed by atoms with Gasteiger partial charge in [-0.05, 0) is 107 Å². The van der Waals surface area contributed by atoms with Crippen molar-refractivity contribution in [3.05, 3.63) is 201 Å². The Kier molecular flexibility index (Phi) is 7.40. The lowest BCUT2D eigenvalue weighted by Crippen LogP contribution is -2.10. The Labute approximate surface area is 307 Å². The molecule has 0 aliphatic carbocycles. The second-order valence-corrected chi connectivity index (χ2v) is 13.2. The van der Waals surface area contributed by atoms with Crippen molar-refractivity contribution in [3.63, 3.8) is 0 Å². The highest BCUT2D eigenvalue weighted by molar-refractivity contribution is 6.19. The maximum absolute atomic E-state index is 4.34. The lowest BCUT2D eigenvalue weighted by molar-refractivity contribution is 1.12. The average Bonchev–Trinajstić information content (AvgIpc) is 3.82. The highest BCUT2D eigenvalue weighted by Crippen LogP contribution is 2.42. The van der Waals surface area contributed by atoms with Gasteiger partial charge in [0.1, 0.15) is 0 Å². The van der Waals surface area contributed by atoms with Gasteiger partial charge in [0.2, 0.25) is 0 Å². The van der Waals surface area contributed by atoms with E-state index >= 15 is 0 Å². The first-order valence-corrected chi connectivity index (χ1v) is 17.8. The van der Waals surface area contributed by atoms with Crippen LogP contribution in [0.5, 0.6) is 0 Å². The van der Waals surface area contributed by atoms with Crippen LogP contribution in [0.15, 0.2) is 201 Å². The fourth-order valence-electron chi connectivity index (χ4n) is 7.62. The first-order chi connectivity index (χ1) is 26.3. The third-order valence-electron chi connectivity index (χ3n) is 10.1. The molecule has 250 valence electrons. The number of nitrogens with zero attached hydrogens (tertiary/aromatic N) is 5. The summed E-state index contributed by atoms with van der Waals surface area (Å²) in [4.78, 5) is 11.0. The van der Waals surface area contributed by atoms with Crippen LogP contribution in [0.3, 0.4) is 0 Å². The van der Waals surface area contributed by atoms with Crippen molar-refractivity contribution in [2.45, 2.75) is 0 Å².